The van der Waals surface area contributed by atoms with Crippen LogP contribution >= 0.6 is 0 Å². The molecule has 0 saturated heterocycles. The van der Waals surface area contributed by atoms with Gasteiger partial charge in [0, 0.05) is 31.4 Å². The lowest BCUT2D eigenvalue weighted by Gasteiger charge is -2.28. The van der Waals surface area contributed by atoms with Gasteiger partial charge in [-0.3, -0.25) is 0 Å². The number of aliphatic hydroxyl groups excluding tert-OH is 1. The van der Waals surface area contributed by atoms with Crippen molar-refractivity contribution in [3.8, 4) is 0 Å². The zero-order valence-electron chi connectivity index (χ0n) is 24.8. The van der Waals surface area contributed by atoms with Crippen molar-refractivity contribution in [3.63, 3.8) is 0 Å². The van der Waals surface area contributed by atoms with Crippen LogP contribution in [0.3, 0.4) is 0 Å². The molecule has 2 N–H and O–H groups in total. The SMILES string of the molecule is COC(=O)c1cccc(CN(C)c2cccc(C(C)OC[C@H](O)CNC(C)(C)Cc3ccc4ccccc4c3)c2)c1. The highest BCUT2D eigenvalue weighted by Gasteiger charge is 2.20. The Morgan fingerprint density at radius 1 is 0.927 bits per heavy atom. The number of ether oxygens (including phenoxy) is 2. The van der Waals surface area contributed by atoms with Gasteiger partial charge in [0.05, 0.1) is 31.5 Å². The molecule has 0 fully saturated rings. The van der Waals surface area contributed by atoms with Crippen LogP contribution in [0.25, 0.3) is 10.8 Å². The Morgan fingerprint density at radius 2 is 1.68 bits per heavy atom. The summed E-state index contributed by atoms with van der Waals surface area (Å²) in [6.45, 7) is 7.64. The van der Waals surface area contributed by atoms with Gasteiger partial charge in [0.2, 0.25) is 0 Å². The predicted molar refractivity (Wildman–Crippen MR) is 166 cm³/mol. The van der Waals surface area contributed by atoms with Gasteiger partial charge in [0.1, 0.15) is 0 Å². The van der Waals surface area contributed by atoms with E-state index in [2.05, 4.69) is 78.7 Å². The standard InChI is InChI=1S/C35H42N2O4/c1-25(29-13-9-15-32(20-29)37(4)23-27-10-8-14-31(19-27)34(39)40-5)41-24-33(38)22-36-35(2,3)21-26-16-17-28-11-6-7-12-30(28)18-26/h6-20,25,33,36,38H,21-24H2,1-5H3/t25?,33-/m1/s1. The lowest BCUT2D eigenvalue weighted by molar-refractivity contribution is -0.00416. The highest BCUT2D eigenvalue weighted by molar-refractivity contribution is 5.89. The molecule has 1 unspecified atom stereocenters. The van der Waals surface area contributed by atoms with Crippen molar-refractivity contribution < 1.29 is 19.4 Å². The van der Waals surface area contributed by atoms with E-state index >= 15 is 0 Å². The Labute approximate surface area is 243 Å². The molecule has 4 aromatic carbocycles. The van der Waals surface area contributed by atoms with E-state index in [1.807, 2.05) is 44.3 Å². The van der Waals surface area contributed by atoms with Crippen LogP contribution in [-0.4, -0.2) is 50.0 Å². The van der Waals surface area contributed by atoms with Crippen LogP contribution in [0.2, 0.25) is 0 Å². The number of carbonyl (C=O) groups is 1. The van der Waals surface area contributed by atoms with Gasteiger partial charge >= 0.3 is 5.97 Å². The van der Waals surface area contributed by atoms with E-state index in [4.69, 9.17) is 9.47 Å². The van der Waals surface area contributed by atoms with E-state index < -0.39 is 6.10 Å². The number of aliphatic hydroxyl groups is 1. The Balaban J connectivity index is 1.27. The van der Waals surface area contributed by atoms with Gasteiger partial charge in [0.15, 0.2) is 0 Å². The fourth-order valence-electron chi connectivity index (χ4n) is 5.02. The third-order valence-corrected chi connectivity index (χ3v) is 7.36. The second kappa shape index (κ2) is 13.8. The van der Waals surface area contributed by atoms with Gasteiger partial charge < -0.3 is 24.8 Å². The van der Waals surface area contributed by atoms with E-state index in [0.717, 1.165) is 23.2 Å². The third-order valence-electron chi connectivity index (χ3n) is 7.36. The molecular formula is C35H42N2O4. The molecular weight excluding hydrogens is 512 g/mol. The highest BCUT2D eigenvalue weighted by atomic mass is 16.5. The van der Waals surface area contributed by atoms with Gasteiger partial charge in [-0.25, -0.2) is 4.79 Å². The summed E-state index contributed by atoms with van der Waals surface area (Å²) in [6, 6.07) is 30.7. The number of carbonyl (C=O) groups excluding carboxylic acids is 1. The van der Waals surface area contributed by atoms with Crippen LogP contribution in [0.1, 0.15) is 53.9 Å². The number of nitrogens with one attached hydrogen (secondary N) is 1. The van der Waals surface area contributed by atoms with E-state index in [0.29, 0.717) is 18.7 Å². The number of anilines is 1. The van der Waals surface area contributed by atoms with Crippen molar-refractivity contribution >= 4 is 22.4 Å². The molecule has 2 atom stereocenters. The summed E-state index contributed by atoms with van der Waals surface area (Å²) in [5.41, 5.74) is 4.73. The number of nitrogens with zero attached hydrogens (tertiary/aromatic N) is 1. The van der Waals surface area contributed by atoms with Crippen molar-refractivity contribution in [3.05, 3.63) is 113 Å². The van der Waals surface area contributed by atoms with Crippen molar-refractivity contribution in [1.82, 2.24) is 5.32 Å². The van der Waals surface area contributed by atoms with Crippen LogP contribution in [0.4, 0.5) is 5.69 Å². The summed E-state index contributed by atoms with van der Waals surface area (Å²) in [5.74, 6) is -0.339. The molecule has 0 saturated carbocycles. The number of rotatable bonds is 13. The normalized spacial score (nSPS) is 13.1. The minimum absolute atomic E-state index is 0.175. The summed E-state index contributed by atoms with van der Waals surface area (Å²) in [5, 5.41) is 16.7. The van der Waals surface area contributed by atoms with Crippen LogP contribution in [0.5, 0.6) is 0 Å². The van der Waals surface area contributed by atoms with E-state index in [9.17, 15) is 9.90 Å². The predicted octanol–water partition coefficient (Wildman–Crippen LogP) is 6.31. The van der Waals surface area contributed by atoms with Crippen molar-refractivity contribution in [2.45, 2.75) is 51.5 Å². The number of hydrogen-bond acceptors (Lipinski definition) is 6. The smallest absolute Gasteiger partial charge is 0.337 e. The first-order valence-corrected chi connectivity index (χ1v) is 14.1. The molecule has 41 heavy (non-hydrogen) atoms. The second-order valence-electron chi connectivity index (χ2n) is 11.4. The van der Waals surface area contributed by atoms with Gasteiger partial charge in [-0.1, -0.05) is 66.7 Å². The lowest BCUT2D eigenvalue weighted by Crippen LogP contribution is -2.46. The first-order valence-electron chi connectivity index (χ1n) is 14.1. The van der Waals surface area contributed by atoms with Crippen LogP contribution in [0.15, 0.2) is 91.0 Å². The maximum absolute atomic E-state index is 11.9. The van der Waals surface area contributed by atoms with Gasteiger partial charge in [-0.2, -0.15) is 0 Å². The Hall–Kier alpha value is -3.71. The number of hydrogen-bond donors (Lipinski definition) is 2. The largest absolute Gasteiger partial charge is 0.465 e. The maximum Gasteiger partial charge on any atom is 0.337 e. The molecule has 0 spiro atoms. The lowest BCUT2D eigenvalue weighted by atomic mass is 9.93. The van der Waals surface area contributed by atoms with E-state index in [1.54, 1.807) is 6.07 Å². The first-order chi connectivity index (χ1) is 19.6. The molecule has 216 valence electrons. The molecule has 6 heteroatoms. The number of fused-ring (bicyclic) bond motifs is 1. The molecule has 6 nitrogen and oxygen atoms in total. The Morgan fingerprint density at radius 3 is 2.46 bits per heavy atom. The molecule has 0 aliphatic carbocycles. The molecule has 4 aromatic rings. The summed E-state index contributed by atoms with van der Waals surface area (Å²) in [6.07, 6.45) is 0.0577. The summed E-state index contributed by atoms with van der Waals surface area (Å²) in [4.78, 5) is 14.0. The quantitative estimate of drug-likeness (QED) is 0.189. The maximum atomic E-state index is 11.9. The Kier molecular flexibility index (Phi) is 10.2. The van der Waals surface area contributed by atoms with Crippen molar-refractivity contribution in [2.75, 3.05) is 32.2 Å². The monoisotopic (exact) mass is 554 g/mol. The fraction of sp³-hybridized carbons (Fsp3) is 0.343. The minimum Gasteiger partial charge on any atom is -0.465 e. The average molecular weight is 555 g/mol. The van der Waals surface area contributed by atoms with E-state index in [1.165, 1.54) is 23.4 Å². The molecule has 0 heterocycles. The van der Waals surface area contributed by atoms with Crippen LogP contribution < -0.4 is 10.2 Å². The van der Waals surface area contributed by atoms with Gasteiger partial charge in [-0.15, -0.1) is 0 Å². The average Bonchev–Trinajstić information content (AvgIpc) is 2.98. The third kappa shape index (κ3) is 8.64. The zero-order chi connectivity index (χ0) is 29.4. The number of β-amino-alcohol motifs (C(OH)–C–C–N with tert-alkyl or cyclic N) is 1. The molecule has 0 radical (unpaired) electrons. The molecule has 0 aromatic heterocycles. The topological polar surface area (TPSA) is 71.0 Å². The van der Waals surface area contributed by atoms with E-state index in [-0.39, 0.29) is 24.2 Å². The minimum atomic E-state index is -0.624. The summed E-state index contributed by atoms with van der Waals surface area (Å²) >= 11 is 0. The van der Waals surface area contributed by atoms with Gasteiger partial charge in [-0.05, 0) is 78.9 Å². The molecule has 0 amide bonds. The Bertz CT molecular complexity index is 1450. The zero-order valence-corrected chi connectivity index (χ0v) is 24.8. The first kappa shape index (κ1) is 30.3. The number of methoxy groups -OCH3 is 1. The summed E-state index contributed by atoms with van der Waals surface area (Å²) < 4.78 is 10.9. The molecule has 4 rings (SSSR count). The van der Waals surface area contributed by atoms with Gasteiger partial charge in [0.25, 0.3) is 0 Å². The second-order valence-corrected chi connectivity index (χ2v) is 11.4. The summed E-state index contributed by atoms with van der Waals surface area (Å²) in [7, 11) is 3.41. The van der Waals surface area contributed by atoms with Crippen molar-refractivity contribution in [2.24, 2.45) is 0 Å². The highest BCUT2D eigenvalue weighted by Crippen LogP contribution is 2.24. The fourth-order valence-corrected chi connectivity index (χ4v) is 5.02. The van der Waals surface area contributed by atoms with Crippen LogP contribution in [-0.2, 0) is 22.4 Å². The van der Waals surface area contributed by atoms with Crippen LogP contribution in [0, 0.1) is 0 Å². The molecule has 0 aliphatic rings. The van der Waals surface area contributed by atoms with Crippen molar-refractivity contribution in [1.29, 1.82) is 0 Å². The molecule has 0 aliphatic heterocycles. The molecule has 0 bridgehead atoms. The number of esters is 1. The number of benzene rings is 4.